The van der Waals surface area contributed by atoms with E-state index < -0.39 is 11.2 Å². The number of rotatable bonds is 5. The predicted octanol–water partition coefficient (Wildman–Crippen LogP) is 0.698. The van der Waals surface area contributed by atoms with Gasteiger partial charge in [0, 0.05) is 26.3 Å². The van der Waals surface area contributed by atoms with Gasteiger partial charge in [-0.15, -0.1) is 0 Å². The van der Waals surface area contributed by atoms with Crippen LogP contribution in [0.25, 0.3) is 22.6 Å². The second kappa shape index (κ2) is 6.64. The molecule has 0 radical (unpaired) electrons. The van der Waals surface area contributed by atoms with E-state index in [2.05, 4.69) is 15.0 Å². The van der Waals surface area contributed by atoms with Gasteiger partial charge in [-0.25, -0.2) is 9.78 Å². The Hall–Kier alpha value is -2.74. The minimum Gasteiger partial charge on any atom is -0.377 e. The molecule has 0 aromatic heterocycles. The van der Waals surface area contributed by atoms with E-state index in [-0.39, 0.29) is 5.69 Å². The lowest BCUT2D eigenvalue weighted by Crippen LogP contribution is -2.29. The van der Waals surface area contributed by atoms with Crippen LogP contribution in [-0.4, -0.2) is 40.2 Å². The summed E-state index contributed by atoms with van der Waals surface area (Å²) in [5.74, 6) is 0.312. The maximum atomic E-state index is 12.2. The number of nitrogens with zero attached hydrogens (tertiary/aromatic N) is 4. The summed E-state index contributed by atoms with van der Waals surface area (Å²) in [5.41, 5.74) is 8.26. The van der Waals surface area contributed by atoms with Gasteiger partial charge in [-0.1, -0.05) is 0 Å². The predicted molar refractivity (Wildman–Crippen MR) is 98.4 cm³/mol. The summed E-state index contributed by atoms with van der Waals surface area (Å²) in [5, 5.41) is 0. The Morgan fingerprint density at radius 3 is 2.64 bits per heavy atom. The SMILES string of the molecule is Cc1cc2nc3c(=O)[nH]c(=O)nc-3n(CCCCN)c2cc1N(C)C. The van der Waals surface area contributed by atoms with Gasteiger partial charge in [0.1, 0.15) is 0 Å². The quantitative estimate of drug-likeness (QED) is 0.522. The first-order valence-corrected chi connectivity index (χ1v) is 8.25. The molecule has 0 aliphatic carbocycles. The van der Waals surface area contributed by atoms with Crippen molar-refractivity contribution < 1.29 is 0 Å². The van der Waals surface area contributed by atoms with Crippen molar-refractivity contribution in [3.05, 3.63) is 38.5 Å². The number of benzene rings is 1. The Morgan fingerprint density at radius 1 is 1.20 bits per heavy atom. The third kappa shape index (κ3) is 3.12. The van der Waals surface area contributed by atoms with Gasteiger partial charge in [0.05, 0.1) is 11.0 Å². The molecule has 1 aromatic carbocycles. The Labute approximate surface area is 144 Å². The zero-order valence-electron chi connectivity index (χ0n) is 14.7. The molecule has 132 valence electrons. The molecule has 8 heteroatoms. The van der Waals surface area contributed by atoms with Crippen molar-refractivity contribution >= 4 is 16.7 Å². The maximum absolute atomic E-state index is 12.2. The lowest BCUT2D eigenvalue weighted by Gasteiger charge is -2.21. The number of unbranched alkanes of at least 4 members (excludes halogenated alkanes) is 1. The average molecular weight is 342 g/mol. The highest BCUT2D eigenvalue weighted by molar-refractivity contribution is 5.84. The third-order valence-corrected chi connectivity index (χ3v) is 4.24. The first-order valence-electron chi connectivity index (χ1n) is 8.25. The Bertz CT molecular complexity index is 1000. The van der Waals surface area contributed by atoms with E-state index >= 15 is 0 Å². The molecule has 0 bridgehead atoms. The number of anilines is 1. The van der Waals surface area contributed by atoms with Crippen LogP contribution in [0.1, 0.15) is 18.4 Å². The number of H-pyrrole nitrogens is 1. The maximum Gasteiger partial charge on any atom is 0.349 e. The lowest BCUT2D eigenvalue weighted by molar-refractivity contribution is 0.621. The van der Waals surface area contributed by atoms with Crippen molar-refractivity contribution in [3.8, 4) is 11.5 Å². The molecule has 3 N–H and O–H groups in total. The van der Waals surface area contributed by atoms with Gasteiger partial charge in [0.2, 0.25) is 0 Å². The van der Waals surface area contributed by atoms with E-state index in [4.69, 9.17) is 5.73 Å². The number of hydrogen-bond donors (Lipinski definition) is 2. The van der Waals surface area contributed by atoms with E-state index in [9.17, 15) is 9.59 Å². The smallest absolute Gasteiger partial charge is 0.349 e. The minimum absolute atomic E-state index is 0.178. The Morgan fingerprint density at radius 2 is 1.96 bits per heavy atom. The van der Waals surface area contributed by atoms with Crippen LogP contribution in [0, 0.1) is 6.92 Å². The van der Waals surface area contributed by atoms with Crippen molar-refractivity contribution in [3.63, 3.8) is 0 Å². The molecule has 25 heavy (non-hydrogen) atoms. The summed E-state index contributed by atoms with van der Waals surface area (Å²) < 4.78 is 1.90. The molecule has 2 aliphatic rings. The van der Waals surface area contributed by atoms with Crippen LogP contribution in [0.2, 0.25) is 0 Å². The van der Waals surface area contributed by atoms with E-state index in [1.54, 1.807) is 0 Å². The van der Waals surface area contributed by atoms with Crippen LogP contribution >= 0.6 is 0 Å². The van der Waals surface area contributed by atoms with Crippen LogP contribution in [0.5, 0.6) is 0 Å². The van der Waals surface area contributed by atoms with Crippen LogP contribution in [0.3, 0.4) is 0 Å². The minimum atomic E-state index is -0.661. The van der Waals surface area contributed by atoms with E-state index in [0.717, 1.165) is 29.6 Å². The second-order valence-corrected chi connectivity index (χ2v) is 6.32. The summed E-state index contributed by atoms with van der Waals surface area (Å²) in [6.07, 6.45) is 1.67. The molecular weight excluding hydrogens is 320 g/mol. The van der Waals surface area contributed by atoms with Crippen LogP contribution in [-0.2, 0) is 6.54 Å². The molecule has 8 nitrogen and oxygen atoms in total. The monoisotopic (exact) mass is 342 g/mol. The van der Waals surface area contributed by atoms with Crippen molar-refractivity contribution in [1.29, 1.82) is 0 Å². The number of aromatic nitrogens is 4. The molecule has 0 spiro atoms. The second-order valence-electron chi connectivity index (χ2n) is 6.32. The standard InChI is InChI=1S/C17H22N6O2/c1-10-8-11-13(9-12(10)22(2)3)23(7-5-4-6-18)15-14(19-11)16(24)21-17(25)20-15/h8-9H,4-7,18H2,1-3H3,(H,21,24,25). The third-order valence-electron chi connectivity index (χ3n) is 4.24. The average Bonchev–Trinajstić information content (AvgIpc) is 2.54. The summed E-state index contributed by atoms with van der Waals surface area (Å²) in [6.45, 7) is 3.20. The molecule has 3 rings (SSSR count). The molecule has 2 heterocycles. The topological polar surface area (TPSA) is 110 Å². The summed E-state index contributed by atoms with van der Waals surface area (Å²) in [4.78, 5) is 36.6. The fraction of sp³-hybridized carbons (Fsp3) is 0.412. The van der Waals surface area contributed by atoms with Crippen molar-refractivity contribution in [2.24, 2.45) is 5.73 Å². The number of hydrogen-bond acceptors (Lipinski definition) is 6. The van der Waals surface area contributed by atoms with Gasteiger partial charge >= 0.3 is 5.69 Å². The number of fused-ring (bicyclic) bond motifs is 2. The zero-order valence-corrected chi connectivity index (χ0v) is 14.7. The first-order chi connectivity index (χ1) is 11.9. The largest absolute Gasteiger partial charge is 0.377 e. The van der Waals surface area contributed by atoms with E-state index in [1.807, 2.05) is 42.6 Å². The highest BCUT2D eigenvalue weighted by Crippen LogP contribution is 2.28. The molecule has 2 aliphatic heterocycles. The normalized spacial score (nSPS) is 11.4. The first kappa shape index (κ1) is 17.1. The summed E-state index contributed by atoms with van der Waals surface area (Å²) in [6, 6.07) is 3.97. The number of aromatic amines is 1. The highest BCUT2D eigenvalue weighted by atomic mass is 16.2. The molecule has 0 saturated heterocycles. The number of nitrogens with one attached hydrogen (secondary N) is 1. The zero-order chi connectivity index (χ0) is 18.1. The molecule has 0 unspecified atom stereocenters. The van der Waals surface area contributed by atoms with Crippen LogP contribution in [0.15, 0.2) is 21.7 Å². The van der Waals surface area contributed by atoms with Gasteiger partial charge in [0.15, 0.2) is 11.5 Å². The number of aryl methyl sites for hydroxylation is 2. The Kier molecular flexibility index (Phi) is 4.54. The van der Waals surface area contributed by atoms with Gasteiger partial charge in [-0.3, -0.25) is 9.78 Å². The van der Waals surface area contributed by atoms with Gasteiger partial charge in [-0.2, -0.15) is 4.98 Å². The van der Waals surface area contributed by atoms with Crippen LogP contribution < -0.4 is 21.9 Å². The van der Waals surface area contributed by atoms with Crippen molar-refractivity contribution in [2.75, 3.05) is 25.5 Å². The molecule has 1 aromatic rings. The lowest BCUT2D eigenvalue weighted by atomic mass is 10.1. The van der Waals surface area contributed by atoms with Crippen LogP contribution in [0.4, 0.5) is 5.69 Å². The highest BCUT2D eigenvalue weighted by Gasteiger charge is 2.19. The summed E-state index contributed by atoms with van der Waals surface area (Å²) in [7, 11) is 3.94. The van der Waals surface area contributed by atoms with E-state index in [0.29, 0.717) is 24.4 Å². The molecular formula is C17H22N6O2. The molecule has 0 atom stereocenters. The molecule has 0 fully saturated rings. The van der Waals surface area contributed by atoms with Gasteiger partial charge < -0.3 is 15.2 Å². The van der Waals surface area contributed by atoms with Gasteiger partial charge in [0.25, 0.3) is 5.56 Å². The van der Waals surface area contributed by atoms with E-state index in [1.165, 1.54) is 0 Å². The Balaban J connectivity index is 2.38. The van der Waals surface area contributed by atoms with Crippen molar-refractivity contribution in [2.45, 2.75) is 26.3 Å². The molecule has 0 amide bonds. The van der Waals surface area contributed by atoms with Gasteiger partial charge in [-0.05, 0) is 44.0 Å². The fourth-order valence-electron chi connectivity index (χ4n) is 3.06. The van der Waals surface area contributed by atoms with Crippen molar-refractivity contribution in [1.82, 2.24) is 19.5 Å². The summed E-state index contributed by atoms with van der Waals surface area (Å²) >= 11 is 0. The number of nitrogens with two attached hydrogens (primary N) is 1. The fourth-order valence-corrected chi connectivity index (χ4v) is 3.06. The molecule has 0 saturated carbocycles.